The minimum atomic E-state index is 0.604. The van der Waals surface area contributed by atoms with Gasteiger partial charge in [-0.05, 0) is 73.1 Å². The number of aromatic amines is 1. The molecular formula is C24H35N. The van der Waals surface area contributed by atoms with Gasteiger partial charge in [0.1, 0.15) is 0 Å². The van der Waals surface area contributed by atoms with Crippen LogP contribution < -0.4 is 0 Å². The number of benzene rings is 1. The fourth-order valence-electron chi connectivity index (χ4n) is 4.89. The average Bonchev–Trinajstić information content (AvgIpc) is 3.19. The van der Waals surface area contributed by atoms with Crippen LogP contribution in [0.5, 0.6) is 0 Å². The zero-order valence-corrected chi connectivity index (χ0v) is 16.5. The standard InChI is InChI=1S/C24H35N/c1-5-11-24(12-6-7-13-24)14-10-19(4)22-17-25-23-9-8-20(15-18(2)3)16-21(22)23/h8-9,16-18,25H,4-7,10-15H2,1-3H3. The summed E-state index contributed by atoms with van der Waals surface area (Å²) in [5.41, 5.74) is 5.94. The van der Waals surface area contributed by atoms with Gasteiger partial charge in [0, 0.05) is 22.7 Å². The first-order valence-electron chi connectivity index (χ1n) is 10.3. The van der Waals surface area contributed by atoms with E-state index < -0.39 is 0 Å². The van der Waals surface area contributed by atoms with Gasteiger partial charge in [0.15, 0.2) is 0 Å². The van der Waals surface area contributed by atoms with Gasteiger partial charge in [0.25, 0.3) is 0 Å². The molecule has 0 saturated heterocycles. The van der Waals surface area contributed by atoms with Crippen LogP contribution in [0, 0.1) is 11.3 Å². The van der Waals surface area contributed by atoms with Crippen molar-refractivity contribution in [1.82, 2.24) is 4.98 Å². The van der Waals surface area contributed by atoms with Gasteiger partial charge >= 0.3 is 0 Å². The van der Waals surface area contributed by atoms with Crippen LogP contribution in [0.15, 0.2) is 31.0 Å². The van der Waals surface area contributed by atoms with Crippen LogP contribution in [0.1, 0.15) is 83.3 Å². The van der Waals surface area contributed by atoms with Crippen LogP contribution in [0.25, 0.3) is 16.5 Å². The second kappa shape index (κ2) is 7.81. The Kier molecular flexibility index (Phi) is 5.71. The molecule has 0 aliphatic heterocycles. The molecule has 1 heterocycles. The van der Waals surface area contributed by atoms with Crippen LogP contribution in [0.4, 0.5) is 0 Å². The number of allylic oxidation sites excluding steroid dienone is 1. The van der Waals surface area contributed by atoms with Crippen LogP contribution >= 0.6 is 0 Å². The first kappa shape index (κ1) is 18.3. The summed E-state index contributed by atoms with van der Waals surface area (Å²) in [7, 11) is 0. The zero-order valence-electron chi connectivity index (χ0n) is 16.5. The van der Waals surface area contributed by atoms with E-state index in [0.29, 0.717) is 11.3 Å². The fourth-order valence-corrected chi connectivity index (χ4v) is 4.89. The highest BCUT2D eigenvalue weighted by Crippen LogP contribution is 2.47. The molecule has 1 nitrogen and oxygen atoms in total. The zero-order chi connectivity index (χ0) is 17.9. The van der Waals surface area contributed by atoms with Gasteiger partial charge in [0.05, 0.1) is 0 Å². The summed E-state index contributed by atoms with van der Waals surface area (Å²) in [5.74, 6) is 0.694. The molecule has 1 aromatic carbocycles. The number of aromatic nitrogens is 1. The summed E-state index contributed by atoms with van der Waals surface area (Å²) in [6.45, 7) is 11.4. The average molecular weight is 338 g/mol. The lowest BCUT2D eigenvalue weighted by atomic mass is 9.76. The summed E-state index contributed by atoms with van der Waals surface area (Å²) >= 11 is 0. The van der Waals surface area contributed by atoms with Crippen molar-refractivity contribution in [3.8, 4) is 0 Å². The summed E-state index contributed by atoms with van der Waals surface area (Å²) in [5, 5.41) is 1.36. The molecule has 0 radical (unpaired) electrons. The molecule has 25 heavy (non-hydrogen) atoms. The van der Waals surface area contributed by atoms with Crippen molar-refractivity contribution in [3.05, 3.63) is 42.1 Å². The highest BCUT2D eigenvalue weighted by Gasteiger charge is 2.32. The quantitative estimate of drug-likeness (QED) is 0.512. The Labute approximate surface area is 153 Å². The van der Waals surface area contributed by atoms with Gasteiger partial charge in [-0.15, -0.1) is 0 Å². The molecule has 0 unspecified atom stereocenters. The van der Waals surface area contributed by atoms with Crippen molar-refractivity contribution >= 4 is 16.5 Å². The van der Waals surface area contributed by atoms with Crippen LogP contribution in [-0.4, -0.2) is 4.98 Å². The second-order valence-electron chi connectivity index (χ2n) is 8.74. The first-order chi connectivity index (χ1) is 12.0. The van der Waals surface area contributed by atoms with Crippen molar-refractivity contribution < 1.29 is 0 Å². The fraction of sp³-hybridized carbons (Fsp3) is 0.583. The number of H-pyrrole nitrogens is 1. The summed E-state index contributed by atoms with van der Waals surface area (Å²) in [6.07, 6.45) is 14.2. The lowest BCUT2D eigenvalue weighted by molar-refractivity contribution is 0.249. The van der Waals surface area contributed by atoms with E-state index in [2.05, 4.69) is 56.7 Å². The molecule has 0 amide bonds. The smallest absolute Gasteiger partial charge is 0.0460 e. The highest BCUT2D eigenvalue weighted by molar-refractivity contribution is 5.92. The second-order valence-corrected chi connectivity index (χ2v) is 8.74. The molecule has 136 valence electrons. The van der Waals surface area contributed by atoms with Crippen molar-refractivity contribution in [1.29, 1.82) is 0 Å². The molecule has 0 atom stereocenters. The molecule has 3 rings (SSSR count). The molecule has 2 aromatic rings. The maximum atomic E-state index is 4.47. The van der Waals surface area contributed by atoms with Crippen LogP contribution in [0.2, 0.25) is 0 Å². The Morgan fingerprint density at radius 2 is 1.96 bits per heavy atom. The molecule has 1 N–H and O–H groups in total. The Bertz CT molecular complexity index is 713. The van der Waals surface area contributed by atoms with Gasteiger partial charge in [-0.1, -0.05) is 52.7 Å². The monoisotopic (exact) mass is 337 g/mol. The van der Waals surface area contributed by atoms with Crippen LogP contribution in [-0.2, 0) is 6.42 Å². The Hall–Kier alpha value is -1.50. The number of hydrogen-bond acceptors (Lipinski definition) is 0. The maximum absolute atomic E-state index is 4.47. The molecule has 0 bridgehead atoms. The van der Waals surface area contributed by atoms with E-state index in [4.69, 9.17) is 0 Å². The van der Waals surface area contributed by atoms with Crippen molar-refractivity contribution in [3.63, 3.8) is 0 Å². The molecule has 1 aliphatic carbocycles. The van der Waals surface area contributed by atoms with Gasteiger partial charge in [-0.2, -0.15) is 0 Å². The van der Waals surface area contributed by atoms with Crippen molar-refractivity contribution in [2.24, 2.45) is 11.3 Å². The lowest BCUT2D eigenvalue weighted by Crippen LogP contribution is -2.15. The molecule has 1 aliphatic rings. The van der Waals surface area contributed by atoms with E-state index in [0.717, 1.165) is 12.8 Å². The van der Waals surface area contributed by atoms with Gasteiger partial charge in [0.2, 0.25) is 0 Å². The summed E-state index contributed by atoms with van der Waals surface area (Å²) in [6, 6.07) is 6.88. The number of fused-ring (bicyclic) bond motifs is 1. The SMILES string of the molecule is C=C(CCC1(CCC)CCCC1)c1c[nH]c2ccc(CC(C)C)cc12. The lowest BCUT2D eigenvalue weighted by Gasteiger charge is -2.29. The molecule has 1 saturated carbocycles. The van der Waals surface area contributed by atoms with E-state index in [9.17, 15) is 0 Å². The molecular weight excluding hydrogens is 302 g/mol. The minimum absolute atomic E-state index is 0.604. The Balaban J connectivity index is 1.75. The predicted molar refractivity (Wildman–Crippen MR) is 111 cm³/mol. The largest absolute Gasteiger partial charge is 0.361 e. The van der Waals surface area contributed by atoms with Gasteiger partial charge < -0.3 is 4.98 Å². The third-order valence-electron chi connectivity index (χ3n) is 6.17. The Morgan fingerprint density at radius 1 is 1.20 bits per heavy atom. The highest BCUT2D eigenvalue weighted by atomic mass is 14.7. The van der Waals surface area contributed by atoms with Gasteiger partial charge in [-0.3, -0.25) is 0 Å². The summed E-state index contributed by atoms with van der Waals surface area (Å²) in [4.78, 5) is 3.45. The molecule has 1 fully saturated rings. The number of nitrogens with one attached hydrogen (secondary N) is 1. The van der Waals surface area contributed by atoms with E-state index >= 15 is 0 Å². The van der Waals surface area contributed by atoms with Gasteiger partial charge in [-0.25, -0.2) is 0 Å². The van der Waals surface area contributed by atoms with E-state index in [1.807, 2.05) is 0 Å². The van der Waals surface area contributed by atoms with E-state index in [1.165, 1.54) is 72.5 Å². The molecule has 0 spiro atoms. The first-order valence-corrected chi connectivity index (χ1v) is 10.3. The van der Waals surface area contributed by atoms with E-state index in [1.54, 1.807) is 0 Å². The van der Waals surface area contributed by atoms with Crippen LogP contribution in [0.3, 0.4) is 0 Å². The third-order valence-corrected chi connectivity index (χ3v) is 6.17. The maximum Gasteiger partial charge on any atom is 0.0460 e. The van der Waals surface area contributed by atoms with Crippen molar-refractivity contribution in [2.75, 3.05) is 0 Å². The number of hydrogen-bond donors (Lipinski definition) is 1. The Morgan fingerprint density at radius 3 is 2.64 bits per heavy atom. The minimum Gasteiger partial charge on any atom is -0.361 e. The molecule has 1 heteroatoms. The predicted octanol–water partition coefficient (Wildman–Crippen LogP) is 7.52. The topological polar surface area (TPSA) is 15.8 Å². The third kappa shape index (κ3) is 4.19. The molecule has 1 aromatic heterocycles. The van der Waals surface area contributed by atoms with Crippen molar-refractivity contribution in [2.45, 2.75) is 78.6 Å². The summed E-state index contributed by atoms with van der Waals surface area (Å²) < 4.78 is 0. The van der Waals surface area contributed by atoms with E-state index in [-0.39, 0.29) is 0 Å². The number of rotatable bonds is 8. The normalized spacial score (nSPS) is 16.8.